The zero-order valence-electron chi connectivity index (χ0n) is 7.58. The van der Waals surface area contributed by atoms with Gasteiger partial charge in [0, 0.05) is 14.2 Å². The summed E-state index contributed by atoms with van der Waals surface area (Å²) in [5, 5.41) is 14.0. The lowest BCUT2D eigenvalue weighted by Gasteiger charge is -2.29. The van der Waals surface area contributed by atoms with E-state index in [1.165, 1.54) is 18.3 Å². The summed E-state index contributed by atoms with van der Waals surface area (Å²) in [4.78, 5) is 0. The van der Waals surface area contributed by atoms with Crippen molar-refractivity contribution < 1.29 is 10.2 Å². The minimum absolute atomic E-state index is 1.00. The van der Waals surface area contributed by atoms with E-state index in [0.29, 0.717) is 0 Å². The summed E-state index contributed by atoms with van der Waals surface area (Å²) in [6.07, 6.45) is 7.78. The van der Waals surface area contributed by atoms with Crippen LogP contribution in [0.15, 0.2) is 0 Å². The molecule has 0 aromatic heterocycles. The maximum atomic E-state index is 7.00. The summed E-state index contributed by atoms with van der Waals surface area (Å²) in [5.74, 6) is 2.39. The van der Waals surface area contributed by atoms with Gasteiger partial charge in [0.2, 0.25) is 0 Å². The average molecular weight is 160 g/mol. The van der Waals surface area contributed by atoms with Gasteiger partial charge in [-0.2, -0.15) is 0 Å². The number of hydrogen-bond acceptors (Lipinski definition) is 2. The Morgan fingerprint density at radius 2 is 1.09 bits per heavy atom. The van der Waals surface area contributed by atoms with Gasteiger partial charge in [-0.3, -0.25) is 0 Å². The van der Waals surface area contributed by atoms with Crippen molar-refractivity contribution in [2.24, 2.45) is 11.8 Å². The molecule has 0 spiro atoms. The van der Waals surface area contributed by atoms with Crippen LogP contribution in [0.4, 0.5) is 0 Å². The average Bonchev–Trinajstić information content (AvgIpc) is 2.39. The van der Waals surface area contributed by atoms with E-state index < -0.39 is 0 Å². The molecule has 2 N–H and O–H groups in total. The molecule has 0 aromatic rings. The van der Waals surface area contributed by atoms with Gasteiger partial charge in [-0.05, 0) is 24.7 Å². The molecule has 2 aliphatic carbocycles. The molecule has 2 unspecified atom stereocenters. The predicted octanol–water partition coefficient (Wildman–Crippen LogP) is 1.41. The van der Waals surface area contributed by atoms with Crippen molar-refractivity contribution in [3.63, 3.8) is 0 Å². The van der Waals surface area contributed by atoms with Crippen LogP contribution >= 0.6 is 0 Å². The monoisotopic (exact) mass is 160 g/mol. The van der Waals surface area contributed by atoms with Gasteiger partial charge >= 0.3 is 0 Å². The van der Waals surface area contributed by atoms with E-state index in [2.05, 4.69) is 0 Å². The van der Waals surface area contributed by atoms with E-state index in [1.54, 1.807) is 25.7 Å². The summed E-state index contributed by atoms with van der Waals surface area (Å²) < 4.78 is 0. The lowest BCUT2D eigenvalue weighted by molar-refractivity contribution is 0.219. The third kappa shape index (κ3) is 2.80. The quantitative estimate of drug-likeness (QED) is 0.562. The molecule has 2 rings (SSSR count). The largest absolute Gasteiger partial charge is 0.400 e. The molecule has 0 radical (unpaired) electrons. The zero-order chi connectivity index (χ0) is 8.69. The number of aliphatic hydroxyl groups excluding tert-OH is 2. The van der Waals surface area contributed by atoms with E-state index in [-0.39, 0.29) is 0 Å². The van der Waals surface area contributed by atoms with Crippen LogP contribution in [0.3, 0.4) is 0 Å². The minimum atomic E-state index is 1.00. The Bertz CT molecular complexity index is 73.6. The molecule has 2 heteroatoms. The van der Waals surface area contributed by atoms with Gasteiger partial charge in [-0.25, -0.2) is 0 Å². The minimum Gasteiger partial charge on any atom is -0.400 e. The lowest BCUT2D eigenvalue weighted by atomic mass is 9.77. The van der Waals surface area contributed by atoms with Crippen LogP contribution < -0.4 is 0 Å². The van der Waals surface area contributed by atoms with Crippen molar-refractivity contribution in [3.05, 3.63) is 0 Å². The van der Waals surface area contributed by atoms with Gasteiger partial charge in [0.15, 0.2) is 0 Å². The normalized spacial score (nSPS) is 31.6. The molecule has 0 heterocycles. The maximum absolute atomic E-state index is 7.00. The first-order chi connectivity index (χ1) is 5.47. The second-order valence-electron chi connectivity index (χ2n) is 3.03. The Hall–Kier alpha value is -0.0800. The summed E-state index contributed by atoms with van der Waals surface area (Å²) in [6.45, 7) is 0. The third-order valence-corrected chi connectivity index (χ3v) is 2.72. The van der Waals surface area contributed by atoms with Crippen LogP contribution in [0.1, 0.15) is 32.1 Å². The Morgan fingerprint density at radius 1 is 0.727 bits per heavy atom. The van der Waals surface area contributed by atoms with E-state index >= 15 is 0 Å². The summed E-state index contributed by atoms with van der Waals surface area (Å²) in [6, 6.07) is 0. The fraction of sp³-hybridized carbons (Fsp3) is 1.00. The number of hydrogen-bond donors (Lipinski definition) is 2. The van der Waals surface area contributed by atoms with Crippen LogP contribution in [0.25, 0.3) is 0 Å². The molecular weight excluding hydrogens is 140 g/mol. The molecule has 11 heavy (non-hydrogen) atoms. The fourth-order valence-electron chi connectivity index (χ4n) is 2.04. The summed E-state index contributed by atoms with van der Waals surface area (Å²) >= 11 is 0. The van der Waals surface area contributed by atoms with E-state index in [1.807, 2.05) is 0 Å². The Balaban J connectivity index is 0.000000222. The molecule has 2 fully saturated rings. The highest BCUT2D eigenvalue weighted by Crippen LogP contribution is 2.46. The highest BCUT2D eigenvalue weighted by molar-refractivity contribution is 4.85. The van der Waals surface area contributed by atoms with E-state index in [0.717, 1.165) is 14.2 Å². The summed E-state index contributed by atoms with van der Waals surface area (Å²) in [7, 11) is 2.00. The maximum Gasteiger partial charge on any atom is 0.0319 e. The van der Waals surface area contributed by atoms with Crippen molar-refractivity contribution >= 4 is 0 Å². The molecule has 2 atom stereocenters. The molecule has 2 nitrogen and oxygen atoms in total. The van der Waals surface area contributed by atoms with Gasteiger partial charge in [0.05, 0.1) is 0 Å². The topological polar surface area (TPSA) is 40.5 Å². The van der Waals surface area contributed by atoms with E-state index in [9.17, 15) is 0 Å². The van der Waals surface area contributed by atoms with Crippen LogP contribution in [0.5, 0.6) is 0 Å². The summed E-state index contributed by atoms with van der Waals surface area (Å²) in [5.41, 5.74) is 0. The molecule has 2 aliphatic rings. The Labute approximate surface area is 69.2 Å². The van der Waals surface area contributed by atoms with Crippen LogP contribution in [0.2, 0.25) is 0 Å². The molecule has 2 saturated carbocycles. The SMILES string of the molecule is C1CC2CCC2C1.CO.CO. The van der Waals surface area contributed by atoms with E-state index in [4.69, 9.17) is 10.2 Å². The second-order valence-corrected chi connectivity index (χ2v) is 3.03. The van der Waals surface area contributed by atoms with Crippen molar-refractivity contribution in [2.75, 3.05) is 14.2 Å². The number of rotatable bonds is 0. The first-order valence-corrected chi connectivity index (χ1v) is 4.36. The lowest BCUT2D eigenvalue weighted by Crippen LogP contribution is -2.18. The van der Waals surface area contributed by atoms with Crippen molar-refractivity contribution in [2.45, 2.75) is 32.1 Å². The molecule has 68 valence electrons. The van der Waals surface area contributed by atoms with Gasteiger partial charge < -0.3 is 10.2 Å². The van der Waals surface area contributed by atoms with Gasteiger partial charge in [-0.15, -0.1) is 0 Å². The molecule has 0 saturated heterocycles. The molecule has 0 aromatic carbocycles. The van der Waals surface area contributed by atoms with Crippen LogP contribution in [-0.2, 0) is 0 Å². The predicted molar refractivity (Wildman–Crippen MR) is 46.4 cm³/mol. The highest BCUT2D eigenvalue weighted by Gasteiger charge is 2.34. The molecular formula is C9H20O2. The van der Waals surface area contributed by atoms with Crippen molar-refractivity contribution in [1.29, 1.82) is 0 Å². The second kappa shape index (κ2) is 6.62. The van der Waals surface area contributed by atoms with Crippen LogP contribution in [0, 0.1) is 11.8 Å². The fourth-order valence-corrected chi connectivity index (χ4v) is 2.04. The first-order valence-electron chi connectivity index (χ1n) is 4.36. The highest BCUT2D eigenvalue weighted by atomic mass is 16.2. The van der Waals surface area contributed by atoms with Crippen LogP contribution in [-0.4, -0.2) is 24.4 Å². The number of fused-ring (bicyclic) bond motifs is 1. The van der Waals surface area contributed by atoms with Gasteiger partial charge in [0.25, 0.3) is 0 Å². The standard InChI is InChI=1S/C7H12.2CH4O/c1-2-6-4-5-7(6)3-1;2*1-2/h6-7H,1-5H2;2*2H,1H3. The first kappa shape index (κ1) is 10.9. The Kier molecular flexibility index (Phi) is 6.57. The molecule has 0 bridgehead atoms. The third-order valence-electron chi connectivity index (χ3n) is 2.72. The zero-order valence-corrected chi connectivity index (χ0v) is 7.58. The van der Waals surface area contributed by atoms with Gasteiger partial charge in [0.1, 0.15) is 0 Å². The Morgan fingerprint density at radius 3 is 1.27 bits per heavy atom. The van der Waals surface area contributed by atoms with Crippen molar-refractivity contribution in [1.82, 2.24) is 0 Å². The van der Waals surface area contributed by atoms with Gasteiger partial charge in [-0.1, -0.05) is 19.3 Å². The smallest absolute Gasteiger partial charge is 0.0319 e. The molecule has 0 aliphatic heterocycles. The molecule has 0 amide bonds. The number of aliphatic hydroxyl groups is 2. The van der Waals surface area contributed by atoms with Crippen molar-refractivity contribution in [3.8, 4) is 0 Å².